The summed E-state index contributed by atoms with van der Waals surface area (Å²) in [6.45, 7) is 4.50. The number of halogens is 3. The summed E-state index contributed by atoms with van der Waals surface area (Å²) in [6.07, 6.45) is 2.63. The minimum absolute atomic E-state index is 0.194. The van der Waals surface area contributed by atoms with Crippen molar-refractivity contribution in [3.8, 4) is 17.0 Å². The standard InChI is InChI=1S/C29H26F3N5O2S/c1-17(2)21-6-4-5-7-24(21)34-28(40)35-33-15-18-8-13-22-25(14-18)38-16-23-26(22)36-37(3)27(23)19-9-11-20(12-10-19)39-29(30,31)32/h4-15,17,22H,16H2,1-3H3,(H,34,40)/b18-15+,35-33+. The fourth-order valence-corrected chi connectivity index (χ4v) is 4.91. The van der Waals surface area contributed by atoms with E-state index >= 15 is 0 Å². The molecule has 7 nitrogen and oxygen atoms in total. The van der Waals surface area contributed by atoms with E-state index in [4.69, 9.17) is 22.1 Å². The molecule has 2 aromatic carbocycles. The van der Waals surface area contributed by atoms with E-state index < -0.39 is 6.36 Å². The van der Waals surface area contributed by atoms with Gasteiger partial charge in [0.1, 0.15) is 18.1 Å². The van der Waals surface area contributed by atoms with Gasteiger partial charge < -0.3 is 14.8 Å². The minimum Gasteiger partial charge on any atom is -0.492 e. The maximum Gasteiger partial charge on any atom is 0.573 e. The van der Waals surface area contributed by atoms with E-state index in [2.05, 4.69) is 34.1 Å². The minimum atomic E-state index is -4.74. The molecule has 0 fully saturated rings. The van der Waals surface area contributed by atoms with Crippen LogP contribution in [-0.4, -0.2) is 21.3 Å². The van der Waals surface area contributed by atoms with Gasteiger partial charge in [0, 0.05) is 23.9 Å². The van der Waals surface area contributed by atoms with E-state index in [1.165, 1.54) is 12.1 Å². The third-order valence-electron chi connectivity index (χ3n) is 6.49. The van der Waals surface area contributed by atoms with E-state index in [0.29, 0.717) is 11.5 Å². The molecule has 206 valence electrons. The van der Waals surface area contributed by atoms with E-state index in [1.807, 2.05) is 42.5 Å². The average Bonchev–Trinajstić information content (AvgIpc) is 3.24. The summed E-state index contributed by atoms with van der Waals surface area (Å²) in [5.41, 5.74) is 6.03. The molecule has 3 aromatic rings. The number of hydrogen-bond donors (Lipinski definition) is 1. The number of hydrogen-bond acceptors (Lipinski definition) is 5. The normalized spacial score (nSPS) is 17.4. The Balaban J connectivity index is 1.29. The van der Waals surface area contributed by atoms with Crippen LogP contribution in [0.3, 0.4) is 0 Å². The highest BCUT2D eigenvalue weighted by Gasteiger charge is 2.33. The van der Waals surface area contributed by atoms with Crippen LogP contribution in [0, 0.1) is 0 Å². The number of anilines is 1. The number of alkyl halides is 3. The maximum atomic E-state index is 12.5. The second-order valence-electron chi connectivity index (χ2n) is 9.60. The van der Waals surface area contributed by atoms with Gasteiger partial charge in [0.15, 0.2) is 0 Å². The number of azo groups is 1. The van der Waals surface area contributed by atoms with Gasteiger partial charge in [-0.25, -0.2) is 0 Å². The first-order chi connectivity index (χ1) is 19.1. The zero-order valence-corrected chi connectivity index (χ0v) is 22.8. The summed E-state index contributed by atoms with van der Waals surface area (Å²) < 4.78 is 49.3. The molecule has 0 saturated heterocycles. The summed E-state index contributed by atoms with van der Waals surface area (Å²) in [5.74, 6) is 0.585. The number of fused-ring (bicyclic) bond motifs is 3. The zero-order valence-electron chi connectivity index (χ0n) is 21.9. The molecule has 11 heteroatoms. The predicted octanol–water partition coefficient (Wildman–Crippen LogP) is 7.91. The van der Waals surface area contributed by atoms with Crippen molar-refractivity contribution in [2.75, 3.05) is 5.32 Å². The first-order valence-corrected chi connectivity index (χ1v) is 13.0. The second-order valence-corrected chi connectivity index (χ2v) is 9.98. The lowest BCUT2D eigenvalue weighted by atomic mass is 9.90. The Morgan fingerprint density at radius 2 is 1.95 bits per heavy atom. The van der Waals surface area contributed by atoms with Crippen LogP contribution in [0.25, 0.3) is 11.3 Å². The Hall–Kier alpha value is -4.25. The van der Waals surface area contributed by atoms with Crippen molar-refractivity contribution >= 4 is 23.0 Å². The Morgan fingerprint density at radius 3 is 2.67 bits per heavy atom. The molecule has 1 aliphatic heterocycles. The van der Waals surface area contributed by atoms with Gasteiger partial charge >= 0.3 is 6.36 Å². The van der Waals surface area contributed by atoms with Gasteiger partial charge in [-0.05, 0) is 65.7 Å². The molecule has 2 aliphatic rings. The quantitative estimate of drug-likeness (QED) is 0.251. The van der Waals surface area contributed by atoms with Crippen LogP contribution in [0.4, 0.5) is 18.9 Å². The van der Waals surface area contributed by atoms with E-state index in [9.17, 15) is 13.2 Å². The van der Waals surface area contributed by atoms with Gasteiger partial charge in [-0.3, -0.25) is 4.68 Å². The fourth-order valence-electron chi connectivity index (χ4n) is 4.76. The van der Waals surface area contributed by atoms with Gasteiger partial charge in [0.05, 0.1) is 23.5 Å². The summed E-state index contributed by atoms with van der Waals surface area (Å²) in [6, 6.07) is 13.7. The zero-order chi connectivity index (χ0) is 28.4. The van der Waals surface area contributed by atoms with Crippen LogP contribution in [0.5, 0.6) is 5.75 Å². The number of rotatable bonds is 5. The van der Waals surface area contributed by atoms with Crippen LogP contribution in [0.1, 0.15) is 42.5 Å². The number of nitrogens with zero attached hydrogens (tertiary/aromatic N) is 4. The van der Waals surface area contributed by atoms with Gasteiger partial charge in [-0.1, -0.05) is 44.2 Å². The monoisotopic (exact) mass is 565 g/mol. The van der Waals surface area contributed by atoms with Crippen molar-refractivity contribution in [2.45, 2.75) is 38.7 Å². The smallest absolute Gasteiger partial charge is 0.492 e. The topological polar surface area (TPSA) is 73.0 Å². The van der Waals surface area contributed by atoms with Gasteiger partial charge in [-0.15, -0.1) is 18.3 Å². The molecular formula is C29H26F3N5O2S. The molecule has 1 aromatic heterocycles. The summed E-state index contributed by atoms with van der Waals surface area (Å²) in [5, 5.41) is 16.4. The molecule has 1 atom stereocenters. The molecule has 5 rings (SSSR count). The number of nitrogens with one attached hydrogen (secondary N) is 1. The number of thiocarbonyl (C=S) groups is 1. The third-order valence-corrected chi connectivity index (χ3v) is 6.68. The maximum absolute atomic E-state index is 12.5. The molecule has 1 aliphatic carbocycles. The summed E-state index contributed by atoms with van der Waals surface area (Å²) >= 11 is 5.34. The predicted molar refractivity (Wildman–Crippen MR) is 150 cm³/mol. The van der Waals surface area contributed by atoms with Gasteiger partial charge in [0.2, 0.25) is 5.11 Å². The highest BCUT2D eigenvalue weighted by molar-refractivity contribution is 7.80. The number of ether oxygens (including phenoxy) is 2. The summed E-state index contributed by atoms with van der Waals surface area (Å²) in [7, 11) is 1.80. The van der Waals surface area contributed by atoms with E-state index in [1.54, 1.807) is 30.1 Å². The third kappa shape index (κ3) is 5.99. The van der Waals surface area contributed by atoms with Crippen LogP contribution in [-0.2, 0) is 18.4 Å². The first-order valence-electron chi connectivity index (χ1n) is 12.5. The summed E-state index contributed by atoms with van der Waals surface area (Å²) in [4.78, 5) is 0. The average molecular weight is 566 g/mol. The number of aromatic nitrogens is 2. The molecule has 0 bridgehead atoms. The van der Waals surface area contributed by atoms with Crippen molar-refractivity contribution in [3.63, 3.8) is 0 Å². The van der Waals surface area contributed by atoms with Crippen molar-refractivity contribution in [2.24, 2.45) is 17.3 Å². The Kier molecular flexibility index (Phi) is 7.57. The Bertz CT molecular complexity index is 1550. The number of aryl methyl sites for hydroxylation is 1. The second kappa shape index (κ2) is 11.1. The Morgan fingerprint density at radius 1 is 1.20 bits per heavy atom. The van der Waals surface area contributed by atoms with Gasteiger partial charge in [0.25, 0.3) is 0 Å². The fraction of sp³-hybridized carbons (Fsp3) is 0.241. The highest BCUT2D eigenvalue weighted by atomic mass is 32.1. The van der Waals surface area contributed by atoms with Crippen molar-refractivity contribution in [3.05, 3.63) is 101 Å². The Labute approximate surface area is 234 Å². The largest absolute Gasteiger partial charge is 0.573 e. The molecule has 40 heavy (non-hydrogen) atoms. The van der Waals surface area contributed by atoms with Crippen molar-refractivity contribution in [1.29, 1.82) is 0 Å². The van der Waals surface area contributed by atoms with Crippen molar-refractivity contribution < 1.29 is 22.6 Å². The van der Waals surface area contributed by atoms with E-state index in [-0.39, 0.29) is 23.4 Å². The molecule has 0 saturated carbocycles. The lowest BCUT2D eigenvalue weighted by Crippen LogP contribution is -2.17. The van der Waals surface area contributed by atoms with Crippen molar-refractivity contribution in [1.82, 2.24) is 9.78 Å². The number of para-hydroxylation sites is 1. The van der Waals surface area contributed by atoms with Crippen LogP contribution in [0.2, 0.25) is 0 Å². The number of benzene rings is 2. The molecule has 0 amide bonds. The van der Waals surface area contributed by atoms with Crippen LogP contribution in [0.15, 0.2) is 94.5 Å². The molecule has 0 radical (unpaired) electrons. The van der Waals surface area contributed by atoms with Gasteiger partial charge in [-0.2, -0.15) is 10.2 Å². The number of allylic oxidation sites excluding steroid dienone is 4. The van der Waals surface area contributed by atoms with Crippen LogP contribution < -0.4 is 10.1 Å². The first kappa shape index (κ1) is 27.3. The highest BCUT2D eigenvalue weighted by Crippen LogP contribution is 2.41. The molecule has 1 unspecified atom stereocenters. The molecule has 2 heterocycles. The molecule has 1 N–H and O–H groups in total. The lowest BCUT2D eigenvalue weighted by Gasteiger charge is -2.26. The van der Waals surface area contributed by atoms with Crippen LogP contribution >= 0.6 is 12.2 Å². The van der Waals surface area contributed by atoms with E-state index in [0.717, 1.165) is 39.5 Å². The molecule has 0 spiro atoms. The molecular weight excluding hydrogens is 539 g/mol. The lowest BCUT2D eigenvalue weighted by molar-refractivity contribution is -0.274. The SMILES string of the molecule is CC(C)c1ccccc1NC(=S)/N=N/C=C1\C=CC2C(=C1)OCc1c2nn(C)c1-c1ccc(OC(F)(F)F)cc1.